The van der Waals surface area contributed by atoms with E-state index in [0.29, 0.717) is 0 Å². The maximum Gasteiger partial charge on any atom is 0.0205 e. The predicted molar refractivity (Wildman–Crippen MR) is 78.6 cm³/mol. The third-order valence-corrected chi connectivity index (χ3v) is 3.49. The molecule has 1 N–H and O–H groups in total. The Bertz CT molecular complexity index is 329. The molecule has 0 amide bonds. The van der Waals surface area contributed by atoms with E-state index in [9.17, 15) is 0 Å². The number of allylic oxidation sites excluding steroid dienone is 1. The van der Waals surface area contributed by atoms with Gasteiger partial charge in [-0.15, -0.1) is 18.3 Å². The summed E-state index contributed by atoms with van der Waals surface area (Å²) >= 11 is 1.90. The minimum absolute atomic E-state index is 0.977. The van der Waals surface area contributed by atoms with Crippen molar-refractivity contribution in [3.05, 3.63) is 42.0 Å². The molecule has 0 aliphatic carbocycles. The maximum absolute atomic E-state index is 3.92. The predicted octanol–water partition coefficient (Wildman–Crippen LogP) is 4.24. The number of thioether (sulfide) groups is 1. The Morgan fingerprint density at radius 2 is 2.00 bits per heavy atom. The van der Waals surface area contributed by atoms with Crippen LogP contribution in [0.1, 0.15) is 32.3 Å². The largest absolute Gasteiger partial charge is 0.313 e. The van der Waals surface area contributed by atoms with Crippen LogP contribution >= 0.6 is 11.8 Å². The summed E-state index contributed by atoms with van der Waals surface area (Å²) in [6, 6.07) is 8.86. The van der Waals surface area contributed by atoms with Crippen LogP contribution in [-0.4, -0.2) is 12.3 Å². The Kier molecular flexibility index (Phi) is 7.06. The van der Waals surface area contributed by atoms with Gasteiger partial charge in [0.2, 0.25) is 0 Å². The van der Waals surface area contributed by atoms with E-state index < -0.39 is 0 Å². The topological polar surface area (TPSA) is 12.0 Å². The van der Waals surface area contributed by atoms with Crippen LogP contribution in [0.2, 0.25) is 0 Å². The summed E-state index contributed by atoms with van der Waals surface area (Å²) in [5.41, 5.74) is 2.63. The fourth-order valence-electron chi connectivity index (χ4n) is 1.46. The molecule has 0 aliphatic rings. The SMILES string of the molecule is C=C(C)CCSc1ccc(CNCCC)cc1. The normalized spacial score (nSPS) is 10.5. The summed E-state index contributed by atoms with van der Waals surface area (Å²) < 4.78 is 0. The van der Waals surface area contributed by atoms with Crippen LogP contribution in [0.15, 0.2) is 41.3 Å². The minimum atomic E-state index is 0.977. The van der Waals surface area contributed by atoms with Gasteiger partial charge >= 0.3 is 0 Å². The molecule has 0 aromatic heterocycles. The Morgan fingerprint density at radius 1 is 1.29 bits per heavy atom. The highest BCUT2D eigenvalue weighted by Gasteiger charge is 1.96. The highest BCUT2D eigenvalue weighted by Crippen LogP contribution is 2.20. The average molecular weight is 249 g/mol. The van der Waals surface area contributed by atoms with Gasteiger partial charge in [-0.3, -0.25) is 0 Å². The lowest BCUT2D eigenvalue weighted by molar-refractivity contribution is 0.675. The van der Waals surface area contributed by atoms with Gasteiger partial charge in [0, 0.05) is 17.2 Å². The Hall–Kier alpha value is -0.730. The molecular formula is C15H23NS. The fraction of sp³-hybridized carbons (Fsp3) is 0.467. The summed E-state index contributed by atoms with van der Waals surface area (Å²) in [7, 11) is 0. The van der Waals surface area contributed by atoms with Crippen LogP contribution in [0.4, 0.5) is 0 Å². The van der Waals surface area contributed by atoms with Crippen LogP contribution in [-0.2, 0) is 6.54 Å². The summed E-state index contributed by atoms with van der Waals surface area (Å²) in [6.45, 7) is 10.3. The molecule has 0 fully saturated rings. The van der Waals surface area contributed by atoms with Gasteiger partial charge in [0.15, 0.2) is 0 Å². The van der Waals surface area contributed by atoms with E-state index in [1.807, 2.05) is 11.8 Å². The highest BCUT2D eigenvalue weighted by molar-refractivity contribution is 7.99. The third kappa shape index (κ3) is 6.54. The second kappa shape index (κ2) is 8.37. The first-order valence-electron chi connectivity index (χ1n) is 6.29. The van der Waals surface area contributed by atoms with Crippen molar-refractivity contribution < 1.29 is 0 Å². The fourth-order valence-corrected chi connectivity index (χ4v) is 2.47. The van der Waals surface area contributed by atoms with E-state index in [4.69, 9.17) is 0 Å². The third-order valence-electron chi connectivity index (χ3n) is 2.48. The Labute approximate surface area is 110 Å². The maximum atomic E-state index is 3.92. The Morgan fingerprint density at radius 3 is 2.59 bits per heavy atom. The molecule has 0 heterocycles. The van der Waals surface area contributed by atoms with Crippen molar-refractivity contribution in [1.82, 2.24) is 5.32 Å². The molecule has 0 radical (unpaired) electrons. The number of hydrogen-bond donors (Lipinski definition) is 1. The van der Waals surface area contributed by atoms with E-state index in [-0.39, 0.29) is 0 Å². The number of nitrogens with one attached hydrogen (secondary N) is 1. The molecule has 0 unspecified atom stereocenters. The van der Waals surface area contributed by atoms with Crippen molar-refractivity contribution in [3.8, 4) is 0 Å². The molecule has 1 nitrogen and oxygen atoms in total. The molecule has 94 valence electrons. The first kappa shape index (κ1) is 14.3. The minimum Gasteiger partial charge on any atom is -0.313 e. The molecule has 0 bridgehead atoms. The number of hydrogen-bond acceptors (Lipinski definition) is 2. The van der Waals surface area contributed by atoms with Gasteiger partial charge < -0.3 is 5.32 Å². The standard InChI is InChI=1S/C15H23NS/c1-4-10-16-12-14-5-7-15(8-6-14)17-11-9-13(2)3/h5-8,16H,2,4,9-12H2,1,3H3. The second-order valence-electron chi connectivity index (χ2n) is 4.38. The lowest BCUT2D eigenvalue weighted by Gasteiger charge is -2.05. The van der Waals surface area contributed by atoms with E-state index >= 15 is 0 Å². The monoisotopic (exact) mass is 249 g/mol. The number of benzene rings is 1. The lowest BCUT2D eigenvalue weighted by atomic mass is 10.2. The molecule has 1 aromatic carbocycles. The smallest absolute Gasteiger partial charge is 0.0205 e. The molecule has 2 heteroatoms. The molecule has 1 aromatic rings. The van der Waals surface area contributed by atoms with Gasteiger partial charge in [-0.2, -0.15) is 0 Å². The number of rotatable bonds is 8. The zero-order valence-electron chi connectivity index (χ0n) is 11.0. The average Bonchev–Trinajstić information content (AvgIpc) is 2.31. The second-order valence-corrected chi connectivity index (χ2v) is 5.54. The molecule has 0 saturated heterocycles. The van der Waals surface area contributed by atoms with Crippen LogP contribution in [0.3, 0.4) is 0 Å². The molecule has 17 heavy (non-hydrogen) atoms. The summed E-state index contributed by atoms with van der Waals surface area (Å²) in [5.74, 6) is 1.13. The molecule has 0 saturated carbocycles. The van der Waals surface area contributed by atoms with Crippen molar-refractivity contribution in [2.24, 2.45) is 0 Å². The van der Waals surface area contributed by atoms with Crippen molar-refractivity contribution in [2.45, 2.75) is 38.1 Å². The van der Waals surface area contributed by atoms with Gasteiger partial charge in [0.25, 0.3) is 0 Å². The first-order valence-corrected chi connectivity index (χ1v) is 7.27. The molecule has 0 atom stereocenters. The zero-order valence-corrected chi connectivity index (χ0v) is 11.8. The molecule has 0 spiro atoms. The van der Waals surface area contributed by atoms with Crippen LogP contribution in [0.5, 0.6) is 0 Å². The molecule has 0 aliphatic heterocycles. The zero-order chi connectivity index (χ0) is 12.5. The van der Waals surface area contributed by atoms with Crippen molar-refractivity contribution in [1.29, 1.82) is 0 Å². The van der Waals surface area contributed by atoms with Crippen molar-refractivity contribution in [2.75, 3.05) is 12.3 Å². The summed E-state index contributed by atoms with van der Waals surface area (Å²) in [4.78, 5) is 1.35. The van der Waals surface area contributed by atoms with Crippen LogP contribution < -0.4 is 5.32 Å². The molecule has 1 rings (SSSR count). The summed E-state index contributed by atoms with van der Waals surface area (Å²) in [6.07, 6.45) is 2.29. The van der Waals surface area contributed by atoms with E-state index in [0.717, 1.165) is 25.3 Å². The Balaban J connectivity index is 2.31. The quantitative estimate of drug-likeness (QED) is 0.420. The van der Waals surface area contributed by atoms with E-state index in [2.05, 4.69) is 50.0 Å². The summed E-state index contributed by atoms with van der Waals surface area (Å²) in [5, 5.41) is 3.41. The van der Waals surface area contributed by atoms with E-state index in [1.54, 1.807) is 0 Å². The van der Waals surface area contributed by atoms with Crippen molar-refractivity contribution >= 4 is 11.8 Å². The van der Waals surface area contributed by atoms with Crippen molar-refractivity contribution in [3.63, 3.8) is 0 Å². The molecular weight excluding hydrogens is 226 g/mol. The van der Waals surface area contributed by atoms with Gasteiger partial charge in [0.1, 0.15) is 0 Å². The van der Waals surface area contributed by atoms with Gasteiger partial charge in [-0.1, -0.05) is 24.6 Å². The lowest BCUT2D eigenvalue weighted by Crippen LogP contribution is -2.13. The van der Waals surface area contributed by atoms with Crippen LogP contribution in [0, 0.1) is 0 Å². The van der Waals surface area contributed by atoms with Gasteiger partial charge in [-0.25, -0.2) is 0 Å². The van der Waals surface area contributed by atoms with Gasteiger partial charge in [0.05, 0.1) is 0 Å². The highest BCUT2D eigenvalue weighted by atomic mass is 32.2. The van der Waals surface area contributed by atoms with Gasteiger partial charge in [-0.05, 0) is 44.0 Å². The van der Waals surface area contributed by atoms with Crippen LogP contribution in [0.25, 0.3) is 0 Å². The van der Waals surface area contributed by atoms with E-state index in [1.165, 1.54) is 22.5 Å². The first-order chi connectivity index (χ1) is 8.22.